The van der Waals surface area contributed by atoms with Gasteiger partial charge in [-0.05, 0) is 75.2 Å². The predicted octanol–water partition coefficient (Wildman–Crippen LogP) is 3.44. The second-order valence-electron chi connectivity index (χ2n) is 5.64. The van der Waals surface area contributed by atoms with Gasteiger partial charge in [-0.2, -0.15) is 0 Å². The van der Waals surface area contributed by atoms with Crippen molar-refractivity contribution in [3.8, 4) is 11.5 Å². The molecule has 0 saturated carbocycles. The van der Waals surface area contributed by atoms with Crippen LogP contribution in [0.5, 0.6) is 11.5 Å². The molecule has 24 heavy (non-hydrogen) atoms. The van der Waals surface area contributed by atoms with Crippen molar-refractivity contribution in [1.29, 1.82) is 0 Å². The first-order valence-electron chi connectivity index (χ1n) is 8.66. The molecule has 0 aliphatic rings. The van der Waals surface area contributed by atoms with Crippen molar-refractivity contribution in [2.45, 2.75) is 26.7 Å². The van der Waals surface area contributed by atoms with Crippen LogP contribution in [0, 0.1) is 0 Å². The average Bonchev–Trinajstić information content (AvgIpc) is 2.57. The first-order chi connectivity index (χ1) is 11.7. The van der Waals surface area contributed by atoms with Gasteiger partial charge in [-0.25, -0.2) is 0 Å². The fourth-order valence-electron chi connectivity index (χ4n) is 2.59. The van der Waals surface area contributed by atoms with Crippen LogP contribution in [0.3, 0.4) is 0 Å². The molecule has 0 unspecified atom stereocenters. The van der Waals surface area contributed by atoms with E-state index in [1.807, 2.05) is 38.1 Å². The maximum atomic E-state index is 5.79. The van der Waals surface area contributed by atoms with Crippen LogP contribution >= 0.6 is 0 Å². The van der Waals surface area contributed by atoms with Crippen LogP contribution in [0.1, 0.15) is 25.0 Å². The minimum atomic E-state index is 0.641. The summed E-state index contributed by atoms with van der Waals surface area (Å²) in [4.78, 5) is 0. The summed E-state index contributed by atoms with van der Waals surface area (Å²) in [6.07, 6.45) is 1.95. The lowest BCUT2D eigenvalue weighted by Crippen LogP contribution is -2.20. The molecule has 0 aromatic heterocycles. The highest BCUT2D eigenvalue weighted by Gasteiger charge is 2.06. The highest BCUT2D eigenvalue weighted by atomic mass is 16.5. The molecular formula is C20H28N2O2. The summed E-state index contributed by atoms with van der Waals surface area (Å²) in [5, 5.41) is 3.48. The molecule has 0 radical (unpaired) electrons. The first kappa shape index (κ1) is 18.1. The Balaban J connectivity index is 1.78. The van der Waals surface area contributed by atoms with E-state index in [1.54, 1.807) is 0 Å². The Hall–Kier alpha value is -2.20. The molecule has 0 aliphatic heterocycles. The second-order valence-corrected chi connectivity index (χ2v) is 5.64. The predicted molar refractivity (Wildman–Crippen MR) is 99.9 cm³/mol. The Morgan fingerprint density at radius 1 is 0.833 bits per heavy atom. The number of hydrogen-bond acceptors (Lipinski definition) is 4. The summed E-state index contributed by atoms with van der Waals surface area (Å²) in [5.74, 6) is 1.65. The van der Waals surface area contributed by atoms with Gasteiger partial charge in [0.1, 0.15) is 0 Å². The van der Waals surface area contributed by atoms with Crippen molar-refractivity contribution in [3.05, 3.63) is 53.6 Å². The van der Waals surface area contributed by atoms with E-state index < -0.39 is 0 Å². The molecule has 0 heterocycles. The normalized spacial score (nSPS) is 10.6. The summed E-state index contributed by atoms with van der Waals surface area (Å²) in [6.45, 7) is 7.13. The van der Waals surface area contributed by atoms with Gasteiger partial charge in [-0.1, -0.05) is 18.2 Å². The molecule has 0 atom stereocenters. The number of nitrogen functional groups attached to an aromatic ring is 1. The van der Waals surface area contributed by atoms with E-state index in [0.29, 0.717) is 13.2 Å². The third-order valence-electron chi connectivity index (χ3n) is 3.74. The van der Waals surface area contributed by atoms with Crippen LogP contribution in [-0.4, -0.2) is 26.3 Å². The first-order valence-corrected chi connectivity index (χ1v) is 8.66. The highest BCUT2D eigenvalue weighted by molar-refractivity contribution is 5.43. The van der Waals surface area contributed by atoms with Crippen molar-refractivity contribution in [2.24, 2.45) is 0 Å². The summed E-state index contributed by atoms with van der Waals surface area (Å²) in [7, 11) is 0. The quantitative estimate of drug-likeness (QED) is 0.518. The van der Waals surface area contributed by atoms with E-state index in [1.165, 1.54) is 11.1 Å². The van der Waals surface area contributed by atoms with E-state index in [-0.39, 0.29) is 0 Å². The number of ether oxygens (including phenoxy) is 2. The Kier molecular flexibility index (Phi) is 7.43. The van der Waals surface area contributed by atoms with Gasteiger partial charge in [0.15, 0.2) is 11.5 Å². The number of anilines is 1. The molecule has 0 aliphatic carbocycles. The van der Waals surface area contributed by atoms with Gasteiger partial charge < -0.3 is 20.5 Å². The van der Waals surface area contributed by atoms with Crippen molar-refractivity contribution >= 4 is 5.69 Å². The van der Waals surface area contributed by atoms with Gasteiger partial charge in [0.05, 0.1) is 13.2 Å². The highest BCUT2D eigenvalue weighted by Crippen LogP contribution is 2.28. The number of nitrogens with one attached hydrogen (secondary N) is 1. The fraction of sp³-hybridized carbons (Fsp3) is 0.400. The molecule has 130 valence electrons. The molecule has 2 aromatic carbocycles. The summed E-state index contributed by atoms with van der Waals surface area (Å²) in [6, 6.07) is 14.2. The van der Waals surface area contributed by atoms with Crippen LogP contribution in [0.4, 0.5) is 5.69 Å². The molecule has 0 bridgehead atoms. The van der Waals surface area contributed by atoms with E-state index in [2.05, 4.69) is 23.5 Å². The third-order valence-corrected chi connectivity index (χ3v) is 3.74. The monoisotopic (exact) mass is 328 g/mol. The molecule has 0 amide bonds. The van der Waals surface area contributed by atoms with E-state index in [4.69, 9.17) is 15.2 Å². The standard InChI is InChI=1S/C20H28N2O2/c1-3-23-19-9-8-17(15-20(19)24-4-2)11-13-22-12-10-16-6-5-7-18(21)14-16/h5-9,14-15,22H,3-4,10-13,21H2,1-2H3. The second kappa shape index (κ2) is 9.83. The lowest BCUT2D eigenvalue weighted by molar-refractivity contribution is 0.287. The molecule has 4 nitrogen and oxygen atoms in total. The van der Waals surface area contributed by atoms with Crippen LogP contribution < -0.4 is 20.5 Å². The van der Waals surface area contributed by atoms with Crippen LogP contribution in [0.2, 0.25) is 0 Å². The lowest BCUT2D eigenvalue weighted by atomic mass is 10.1. The van der Waals surface area contributed by atoms with Crippen molar-refractivity contribution < 1.29 is 9.47 Å². The van der Waals surface area contributed by atoms with Gasteiger partial charge in [0.2, 0.25) is 0 Å². The summed E-state index contributed by atoms with van der Waals surface area (Å²) in [5.41, 5.74) is 9.13. The van der Waals surface area contributed by atoms with Crippen LogP contribution in [0.25, 0.3) is 0 Å². The Morgan fingerprint density at radius 3 is 2.17 bits per heavy atom. The Labute approximate surface area is 145 Å². The van der Waals surface area contributed by atoms with E-state index in [0.717, 1.165) is 43.1 Å². The van der Waals surface area contributed by atoms with Gasteiger partial charge in [0, 0.05) is 5.69 Å². The molecular weight excluding hydrogens is 300 g/mol. The summed E-state index contributed by atoms with van der Waals surface area (Å²) < 4.78 is 11.3. The molecule has 0 spiro atoms. The summed E-state index contributed by atoms with van der Waals surface area (Å²) >= 11 is 0. The topological polar surface area (TPSA) is 56.5 Å². The van der Waals surface area contributed by atoms with Crippen molar-refractivity contribution in [1.82, 2.24) is 5.32 Å². The van der Waals surface area contributed by atoms with Crippen molar-refractivity contribution in [2.75, 3.05) is 32.0 Å². The Bertz CT molecular complexity index is 629. The number of nitrogens with two attached hydrogens (primary N) is 1. The van der Waals surface area contributed by atoms with E-state index in [9.17, 15) is 0 Å². The maximum Gasteiger partial charge on any atom is 0.161 e. The molecule has 4 heteroatoms. The lowest BCUT2D eigenvalue weighted by Gasteiger charge is -2.12. The molecule has 2 aromatic rings. The van der Waals surface area contributed by atoms with Crippen molar-refractivity contribution in [3.63, 3.8) is 0 Å². The van der Waals surface area contributed by atoms with Gasteiger partial charge in [0.25, 0.3) is 0 Å². The van der Waals surface area contributed by atoms with Gasteiger partial charge in [-0.15, -0.1) is 0 Å². The minimum absolute atomic E-state index is 0.641. The zero-order chi connectivity index (χ0) is 17.2. The van der Waals surface area contributed by atoms with Gasteiger partial charge >= 0.3 is 0 Å². The Morgan fingerprint density at radius 2 is 1.50 bits per heavy atom. The zero-order valence-electron chi connectivity index (χ0n) is 14.7. The fourth-order valence-corrected chi connectivity index (χ4v) is 2.59. The number of rotatable bonds is 10. The minimum Gasteiger partial charge on any atom is -0.490 e. The van der Waals surface area contributed by atoms with Crippen LogP contribution in [0.15, 0.2) is 42.5 Å². The van der Waals surface area contributed by atoms with Crippen LogP contribution in [-0.2, 0) is 12.8 Å². The molecule has 3 N–H and O–H groups in total. The number of benzene rings is 2. The number of hydrogen-bond donors (Lipinski definition) is 2. The smallest absolute Gasteiger partial charge is 0.161 e. The largest absolute Gasteiger partial charge is 0.490 e. The maximum absolute atomic E-state index is 5.79. The SMILES string of the molecule is CCOc1ccc(CCNCCc2cccc(N)c2)cc1OCC. The third kappa shape index (κ3) is 5.78. The van der Waals surface area contributed by atoms with Gasteiger partial charge in [-0.3, -0.25) is 0 Å². The molecule has 2 rings (SSSR count). The molecule has 0 fully saturated rings. The van der Waals surface area contributed by atoms with E-state index >= 15 is 0 Å². The molecule has 0 saturated heterocycles. The average molecular weight is 328 g/mol. The zero-order valence-corrected chi connectivity index (χ0v) is 14.7.